The van der Waals surface area contributed by atoms with Gasteiger partial charge in [0.1, 0.15) is 17.7 Å². The summed E-state index contributed by atoms with van der Waals surface area (Å²) in [6.07, 6.45) is 0. The number of hydrogen-bond donors (Lipinski definition) is 0. The van der Waals surface area contributed by atoms with Crippen LogP contribution in [-0.2, 0) is 9.59 Å². The molecule has 6 heteroatoms. The quantitative estimate of drug-likeness (QED) is 0.843. The molecular formula is C13H15FN2O2S. The molecule has 0 unspecified atom stereocenters. The van der Waals surface area contributed by atoms with Crippen LogP contribution in [0.1, 0.15) is 10.9 Å². The smallest absolute Gasteiger partial charge is 0.241 e. The van der Waals surface area contributed by atoms with Crippen LogP contribution in [0.3, 0.4) is 0 Å². The molecule has 2 amide bonds. The van der Waals surface area contributed by atoms with Crippen LogP contribution in [-0.4, -0.2) is 48.0 Å². The first-order valence-corrected chi connectivity index (χ1v) is 6.91. The predicted octanol–water partition coefficient (Wildman–Crippen LogP) is 1.49. The van der Waals surface area contributed by atoms with Gasteiger partial charge in [-0.05, 0) is 6.07 Å². The second kappa shape index (κ2) is 5.61. The zero-order chi connectivity index (χ0) is 14.0. The molecule has 0 bridgehead atoms. The monoisotopic (exact) mass is 282 g/mol. The van der Waals surface area contributed by atoms with Gasteiger partial charge in [0.25, 0.3) is 0 Å². The van der Waals surface area contributed by atoms with Crippen LogP contribution >= 0.6 is 11.8 Å². The molecule has 1 saturated heterocycles. The van der Waals surface area contributed by atoms with Gasteiger partial charge in [-0.15, -0.1) is 11.8 Å². The van der Waals surface area contributed by atoms with Crippen LogP contribution in [0, 0.1) is 5.82 Å². The van der Waals surface area contributed by atoms with Gasteiger partial charge in [-0.3, -0.25) is 9.59 Å². The largest absolute Gasteiger partial charge is 0.347 e. The molecular weight excluding hydrogens is 267 g/mol. The van der Waals surface area contributed by atoms with Gasteiger partial charge in [0.15, 0.2) is 0 Å². The van der Waals surface area contributed by atoms with Crippen molar-refractivity contribution >= 4 is 23.6 Å². The summed E-state index contributed by atoms with van der Waals surface area (Å²) in [7, 11) is 3.27. The van der Waals surface area contributed by atoms with Crippen LogP contribution < -0.4 is 0 Å². The van der Waals surface area contributed by atoms with Crippen LogP contribution in [0.4, 0.5) is 4.39 Å². The normalized spacial score (nSPS) is 18.8. The highest BCUT2D eigenvalue weighted by Gasteiger charge is 2.35. The molecule has 1 fully saturated rings. The molecule has 1 aromatic rings. The first-order valence-electron chi connectivity index (χ1n) is 5.86. The predicted molar refractivity (Wildman–Crippen MR) is 72.0 cm³/mol. The topological polar surface area (TPSA) is 40.6 Å². The summed E-state index contributed by atoms with van der Waals surface area (Å²) < 4.78 is 13.8. The fraction of sp³-hybridized carbons (Fsp3) is 0.385. The molecule has 4 nitrogen and oxygen atoms in total. The summed E-state index contributed by atoms with van der Waals surface area (Å²) in [4.78, 5) is 26.4. The van der Waals surface area contributed by atoms with Crippen LogP contribution in [0.2, 0.25) is 0 Å². The van der Waals surface area contributed by atoms with Gasteiger partial charge in [-0.25, -0.2) is 4.39 Å². The number of carbonyl (C=O) groups is 2. The molecule has 102 valence electrons. The Hall–Kier alpha value is -1.56. The SMILES string of the molecule is CN(C)C(=O)CN1C(=O)CS[C@H]1c1ccccc1F. The van der Waals surface area contributed by atoms with E-state index in [1.54, 1.807) is 32.3 Å². The molecule has 0 radical (unpaired) electrons. The minimum Gasteiger partial charge on any atom is -0.347 e. The average Bonchev–Trinajstić information content (AvgIpc) is 2.72. The molecule has 1 atom stereocenters. The summed E-state index contributed by atoms with van der Waals surface area (Å²) in [5, 5.41) is -0.419. The Morgan fingerprint density at radius 3 is 2.79 bits per heavy atom. The van der Waals surface area contributed by atoms with E-state index in [4.69, 9.17) is 0 Å². The number of benzene rings is 1. The van der Waals surface area contributed by atoms with E-state index in [-0.39, 0.29) is 29.9 Å². The second-order valence-electron chi connectivity index (χ2n) is 4.49. The van der Waals surface area contributed by atoms with Gasteiger partial charge in [-0.1, -0.05) is 18.2 Å². The Morgan fingerprint density at radius 2 is 2.16 bits per heavy atom. The second-order valence-corrected chi connectivity index (χ2v) is 5.56. The van der Waals surface area contributed by atoms with Crippen molar-refractivity contribution in [2.45, 2.75) is 5.37 Å². The van der Waals surface area contributed by atoms with E-state index in [2.05, 4.69) is 0 Å². The highest BCUT2D eigenvalue weighted by molar-refractivity contribution is 8.00. The molecule has 2 rings (SSSR count). The van der Waals surface area contributed by atoms with Gasteiger partial charge in [0, 0.05) is 19.7 Å². The maximum absolute atomic E-state index is 13.8. The Bertz CT molecular complexity index is 507. The summed E-state index contributed by atoms with van der Waals surface area (Å²) >= 11 is 1.35. The minimum atomic E-state index is -0.419. The van der Waals surface area contributed by atoms with Crippen molar-refractivity contribution in [3.63, 3.8) is 0 Å². The van der Waals surface area contributed by atoms with Crippen molar-refractivity contribution in [1.29, 1.82) is 0 Å². The van der Waals surface area contributed by atoms with Crippen molar-refractivity contribution in [3.8, 4) is 0 Å². The molecule has 0 aliphatic carbocycles. The van der Waals surface area contributed by atoms with Gasteiger partial charge in [0.05, 0.1) is 5.75 Å². The number of amides is 2. The third-order valence-corrected chi connectivity index (χ3v) is 4.18. The number of nitrogens with zero attached hydrogens (tertiary/aromatic N) is 2. The molecule has 1 heterocycles. The first kappa shape index (κ1) is 13.9. The third kappa shape index (κ3) is 2.89. The molecule has 1 aromatic carbocycles. The van der Waals surface area contributed by atoms with Crippen molar-refractivity contribution in [2.75, 3.05) is 26.4 Å². The van der Waals surface area contributed by atoms with E-state index in [1.165, 1.54) is 27.6 Å². The molecule has 0 saturated carbocycles. The highest BCUT2D eigenvalue weighted by Crippen LogP contribution is 2.39. The summed E-state index contributed by atoms with van der Waals surface area (Å²) in [6.45, 7) is -0.0160. The standard InChI is InChI=1S/C13H15FN2O2S/c1-15(2)11(17)7-16-12(18)8-19-13(16)9-5-3-4-6-10(9)14/h3-6,13H,7-8H2,1-2H3/t13-/m0/s1. The van der Waals surface area contributed by atoms with Crippen molar-refractivity contribution in [2.24, 2.45) is 0 Å². The lowest BCUT2D eigenvalue weighted by atomic mass is 10.2. The van der Waals surface area contributed by atoms with Crippen LogP contribution in [0.15, 0.2) is 24.3 Å². The van der Waals surface area contributed by atoms with Crippen molar-refractivity contribution in [3.05, 3.63) is 35.6 Å². The average molecular weight is 282 g/mol. The third-order valence-electron chi connectivity index (χ3n) is 2.94. The number of rotatable bonds is 3. The Morgan fingerprint density at radius 1 is 1.47 bits per heavy atom. The number of hydrogen-bond acceptors (Lipinski definition) is 3. The van der Waals surface area contributed by atoms with E-state index in [0.29, 0.717) is 5.56 Å². The van der Waals surface area contributed by atoms with E-state index in [1.807, 2.05) is 0 Å². The van der Waals surface area contributed by atoms with Crippen molar-refractivity contribution in [1.82, 2.24) is 9.80 Å². The van der Waals surface area contributed by atoms with Gasteiger partial charge in [-0.2, -0.15) is 0 Å². The fourth-order valence-electron chi connectivity index (χ4n) is 1.85. The number of halogens is 1. The molecule has 0 spiro atoms. The zero-order valence-electron chi connectivity index (χ0n) is 10.8. The Labute approximate surface area is 115 Å². The lowest BCUT2D eigenvalue weighted by Crippen LogP contribution is -2.38. The summed E-state index contributed by atoms with van der Waals surface area (Å²) in [5.74, 6) is -0.373. The number of thioether (sulfide) groups is 1. The lowest BCUT2D eigenvalue weighted by Gasteiger charge is -2.25. The van der Waals surface area contributed by atoms with Gasteiger partial charge in [0.2, 0.25) is 11.8 Å². The molecule has 1 aliphatic rings. The van der Waals surface area contributed by atoms with E-state index >= 15 is 0 Å². The van der Waals surface area contributed by atoms with Gasteiger partial charge >= 0.3 is 0 Å². The molecule has 19 heavy (non-hydrogen) atoms. The minimum absolute atomic E-state index is 0.0160. The van der Waals surface area contributed by atoms with Crippen LogP contribution in [0.5, 0.6) is 0 Å². The highest BCUT2D eigenvalue weighted by atomic mass is 32.2. The molecule has 1 aliphatic heterocycles. The zero-order valence-corrected chi connectivity index (χ0v) is 11.6. The van der Waals surface area contributed by atoms with Gasteiger partial charge < -0.3 is 9.80 Å². The fourth-order valence-corrected chi connectivity index (χ4v) is 3.05. The summed E-state index contributed by atoms with van der Waals surface area (Å²) in [5.41, 5.74) is 0.449. The maximum Gasteiger partial charge on any atom is 0.241 e. The lowest BCUT2D eigenvalue weighted by molar-refractivity contribution is -0.137. The number of likely N-dealkylation sites (N-methyl/N-ethyl adjacent to an activating group) is 1. The van der Waals surface area contributed by atoms with E-state index < -0.39 is 5.37 Å². The van der Waals surface area contributed by atoms with E-state index in [9.17, 15) is 14.0 Å². The van der Waals surface area contributed by atoms with E-state index in [0.717, 1.165) is 0 Å². The summed E-state index contributed by atoms with van der Waals surface area (Å²) in [6, 6.07) is 6.35. The Kier molecular flexibility index (Phi) is 4.09. The number of carbonyl (C=O) groups excluding carboxylic acids is 2. The Balaban J connectivity index is 2.23. The maximum atomic E-state index is 13.8. The molecule has 0 aromatic heterocycles. The molecule has 0 N–H and O–H groups in total. The van der Waals surface area contributed by atoms with Crippen LogP contribution in [0.25, 0.3) is 0 Å². The van der Waals surface area contributed by atoms with Crippen molar-refractivity contribution < 1.29 is 14.0 Å². The first-order chi connectivity index (χ1) is 9.00.